The van der Waals surface area contributed by atoms with E-state index in [1.54, 1.807) is 36.2 Å². The van der Waals surface area contributed by atoms with Crippen LogP contribution in [0.4, 0.5) is 8.78 Å². The van der Waals surface area contributed by atoms with Crippen LogP contribution in [0.25, 0.3) is 0 Å². The van der Waals surface area contributed by atoms with E-state index in [9.17, 15) is 18.4 Å². The number of hydrogen-bond acceptors (Lipinski definition) is 5. The molecular weight excluding hydrogens is 418 g/mol. The molecule has 1 fully saturated rings. The highest BCUT2D eigenvalue weighted by Gasteiger charge is 2.32. The Kier molecular flexibility index (Phi) is 6.25. The first-order valence-corrected chi connectivity index (χ1v) is 10.3. The Morgan fingerprint density at radius 1 is 1.09 bits per heavy atom. The largest absolute Gasteiger partial charge is 0.456 e. The molecule has 1 saturated heterocycles. The summed E-state index contributed by atoms with van der Waals surface area (Å²) in [5.74, 6) is -2.52. The van der Waals surface area contributed by atoms with Crippen molar-refractivity contribution in [1.29, 1.82) is 0 Å². The molecule has 0 N–H and O–H groups in total. The van der Waals surface area contributed by atoms with Crippen LogP contribution in [0.5, 0.6) is 0 Å². The van der Waals surface area contributed by atoms with Gasteiger partial charge in [0.2, 0.25) is 5.95 Å². The van der Waals surface area contributed by atoms with Gasteiger partial charge >= 0.3 is 0 Å². The van der Waals surface area contributed by atoms with Gasteiger partial charge in [0.25, 0.3) is 11.8 Å². The third kappa shape index (κ3) is 4.51. The van der Waals surface area contributed by atoms with Gasteiger partial charge in [0.1, 0.15) is 5.76 Å². The molecule has 4 heterocycles. The van der Waals surface area contributed by atoms with Gasteiger partial charge in [-0.05, 0) is 50.1 Å². The molecule has 0 aromatic carbocycles. The molecule has 3 aromatic rings. The second kappa shape index (κ2) is 9.25. The maximum absolute atomic E-state index is 14.0. The van der Waals surface area contributed by atoms with Gasteiger partial charge in [-0.25, -0.2) is 9.37 Å². The van der Waals surface area contributed by atoms with Crippen LogP contribution in [0.15, 0.2) is 53.2 Å². The standard InChI is InChI=1S/C23H22F2N4O3/c1-15-5-6-19(32-15)23(31)29(14-16-4-2-3-10-26-16)17-8-12-28(13-9-17)22(30)18-7-11-27-21(25)20(18)24/h2-7,10-11,17H,8-9,12-14H2,1H3. The molecule has 9 heteroatoms. The van der Waals surface area contributed by atoms with E-state index in [4.69, 9.17) is 4.42 Å². The number of carbonyl (C=O) groups is 2. The minimum atomic E-state index is -1.30. The number of pyridine rings is 2. The summed E-state index contributed by atoms with van der Waals surface area (Å²) in [6.07, 6.45) is 3.70. The molecule has 4 rings (SSSR count). The number of carbonyl (C=O) groups excluding carboxylic acids is 2. The molecular formula is C23H22F2N4O3. The van der Waals surface area contributed by atoms with Gasteiger partial charge < -0.3 is 14.2 Å². The highest BCUT2D eigenvalue weighted by molar-refractivity contribution is 5.94. The van der Waals surface area contributed by atoms with Gasteiger partial charge in [0.05, 0.1) is 17.8 Å². The van der Waals surface area contributed by atoms with Crippen molar-refractivity contribution in [3.05, 3.63) is 83.3 Å². The molecule has 0 bridgehead atoms. The highest BCUT2D eigenvalue weighted by atomic mass is 19.2. The minimum Gasteiger partial charge on any atom is -0.456 e. The number of aromatic nitrogens is 2. The van der Waals surface area contributed by atoms with Crippen LogP contribution >= 0.6 is 0 Å². The molecule has 0 unspecified atom stereocenters. The molecule has 166 valence electrons. The van der Waals surface area contributed by atoms with Crippen molar-refractivity contribution in [2.75, 3.05) is 13.1 Å². The van der Waals surface area contributed by atoms with E-state index in [2.05, 4.69) is 9.97 Å². The average Bonchev–Trinajstić information content (AvgIpc) is 3.25. The number of piperidine rings is 1. The molecule has 0 saturated carbocycles. The number of rotatable bonds is 5. The van der Waals surface area contributed by atoms with Gasteiger partial charge in [-0.3, -0.25) is 14.6 Å². The van der Waals surface area contributed by atoms with Crippen molar-refractivity contribution in [1.82, 2.24) is 19.8 Å². The first-order chi connectivity index (χ1) is 15.4. The van der Waals surface area contributed by atoms with Gasteiger partial charge in [0.15, 0.2) is 11.6 Å². The Morgan fingerprint density at radius 2 is 1.88 bits per heavy atom. The maximum atomic E-state index is 14.0. The molecule has 1 aliphatic rings. The number of halogens is 2. The number of likely N-dealkylation sites (tertiary alicyclic amines) is 1. The van der Waals surface area contributed by atoms with E-state index in [0.717, 1.165) is 11.9 Å². The van der Waals surface area contributed by atoms with E-state index in [0.29, 0.717) is 38.2 Å². The Hall–Kier alpha value is -3.62. The molecule has 0 radical (unpaired) electrons. The zero-order chi connectivity index (χ0) is 22.7. The summed E-state index contributed by atoms with van der Waals surface area (Å²) in [6.45, 7) is 2.67. The Bertz CT molecular complexity index is 1110. The lowest BCUT2D eigenvalue weighted by Gasteiger charge is -2.38. The fourth-order valence-electron chi connectivity index (χ4n) is 3.86. The summed E-state index contributed by atoms with van der Waals surface area (Å²) in [7, 11) is 0. The molecule has 7 nitrogen and oxygen atoms in total. The summed E-state index contributed by atoms with van der Waals surface area (Å²) >= 11 is 0. The van der Waals surface area contributed by atoms with Crippen molar-refractivity contribution in [2.45, 2.75) is 32.4 Å². The Balaban J connectivity index is 1.50. The van der Waals surface area contributed by atoms with Gasteiger partial charge in [0, 0.05) is 31.5 Å². The van der Waals surface area contributed by atoms with Crippen LogP contribution in [-0.4, -0.2) is 50.7 Å². The fraction of sp³-hybridized carbons (Fsp3) is 0.304. The second-order valence-corrected chi connectivity index (χ2v) is 7.65. The molecule has 0 spiro atoms. The first kappa shape index (κ1) is 21.6. The fourth-order valence-corrected chi connectivity index (χ4v) is 3.86. The SMILES string of the molecule is Cc1ccc(C(=O)N(Cc2ccccn2)C2CCN(C(=O)c3ccnc(F)c3F)CC2)o1. The molecule has 32 heavy (non-hydrogen) atoms. The normalized spacial score (nSPS) is 14.4. The van der Waals surface area contributed by atoms with Gasteiger partial charge in [-0.15, -0.1) is 0 Å². The Labute approximate surface area is 183 Å². The van der Waals surface area contributed by atoms with E-state index in [1.807, 2.05) is 12.1 Å². The van der Waals surface area contributed by atoms with Crippen LogP contribution in [-0.2, 0) is 6.54 Å². The molecule has 1 aliphatic heterocycles. The summed E-state index contributed by atoms with van der Waals surface area (Å²) in [5.41, 5.74) is 0.389. The van der Waals surface area contributed by atoms with E-state index in [1.165, 1.54) is 11.0 Å². The topological polar surface area (TPSA) is 79.5 Å². The van der Waals surface area contributed by atoms with E-state index < -0.39 is 17.7 Å². The van der Waals surface area contributed by atoms with Gasteiger partial charge in [-0.2, -0.15) is 4.39 Å². The summed E-state index contributed by atoms with van der Waals surface area (Å²) < 4.78 is 32.9. The smallest absolute Gasteiger partial charge is 0.290 e. The number of hydrogen-bond donors (Lipinski definition) is 0. The van der Waals surface area contributed by atoms with Gasteiger partial charge in [-0.1, -0.05) is 6.07 Å². The maximum Gasteiger partial charge on any atom is 0.290 e. The van der Waals surface area contributed by atoms with E-state index >= 15 is 0 Å². The Morgan fingerprint density at radius 3 is 2.53 bits per heavy atom. The molecule has 0 atom stereocenters. The van der Waals surface area contributed by atoms with Crippen LogP contribution in [0, 0.1) is 18.7 Å². The van der Waals surface area contributed by atoms with Crippen molar-refractivity contribution < 1.29 is 22.8 Å². The van der Waals surface area contributed by atoms with Crippen LogP contribution in [0.3, 0.4) is 0 Å². The number of amides is 2. The zero-order valence-electron chi connectivity index (χ0n) is 17.5. The monoisotopic (exact) mass is 440 g/mol. The second-order valence-electron chi connectivity index (χ2n) is 7.65. The highest BCUT2D eigenvalue weighted by Crippen LogP contribution is 2.23. The summed E-state index contributed by atoms with van der Waals surface area (Å²) in [6, 6.07) is 9.87. The van der Waals surface area contributed by atoms with Crippen LogP contribution in [0.1, 0.15) is 45.2 Å². The molecule has 2 amide bonds. The molecule has 0 aliphatic carbocycles. The third-order valence-electron chi connectivity index (χ3n) is 5.54. The lowest BCUT2D eigenvalue weighted by molar-refractivity contribution is 0.0474. The number of nitrogens with zero attached hydrogens (tertiary/aromatic N) is 4. The minimum absolute atomic E-state index is 0.169. The lowest BCUT2D eigenvalue weighted by atomic mass is 10.0. The quantitative estimate of drug-likeness (QED) is 0.567. The number of aryl methyl sites for hydroxylation is 1. The average molecular weight is 440 g/mol. The predicted octanol–water partition coefficient (Wildman–Crippen LogP) is 3.60. The first-order valence-electron chi connectivity index (χ1n) is 10.3. The summed E-state index contributed by atoms with van der Waals surface area (Å²) in [5, 5.41) is 0. The molecule has 3 aromatic heterocycles. The predicted molar refractivity (Wildman–Crippen MR) is 111 cm³/mol. The van der Waals surface area contributed by atoms with Crippen LogP contribution in [0.2, 0.25) is 0 Å². The van der Waals surface area contributed by atoms with Crippen molar-refractivity contribution in [3.8, 4) is 0 Å². The lowest BCUT2D eigenvalue weighted by Crippen LogP contribution is -2.48. The van der Waals surface area contributed by atoms with Crippen molar-refractivity contribution in [2.24, 2.45) is 0 Å². The van der Waals surface area contributed by atoms with Crippen molar-refractivity contribution in [3.63, 3.8) is 0 Å². The third-order valence-corrected chi connectivity index (χ3v) is 5.54. The zero-order valence-corrected chi connectivity index (χ0v) is 17.5. The number of furan rings is 1. The summed E-state index contributed by atoms with van der Waals surface area (Å²) in [4.78, 5) is 36.6. The van der Waals surface area contributed by atoms with Crippen LogP contribution < -0.4 is 0 Å². The van der Waals surface area contributed by atoms with Crippen molar-refractivity contribution >= 4 is 11.8 Å². The van der Waals surface area contributed by atoms with E-state index in [-0.39, 0.29) is 23.3 Å².